The van der Waals surface area contributed by atoms with E-state index < -0.39 is 0 Å². The monoisotopic (exact) mass is 405 g/mol. The van der Waals surface area contributed by atoms with Crippen molar-refractivity contribution in [3.05, 3.63) is 75.9 Å². The maximum Gasteiger partial charge on any atom is 0.262 e. The lowest BCUT2D eigenvalue weighted by Crippen LogP contribution is -2.32. The maximum absolute atomic E-state index is 12.5. The van der Waals surface area contributed by atoms with Crippen LogP contribution in [-0.4, -0.2) is 16.5 Å². The Kier molecular flexibility index (Phi) is 6.41. The molecule has 0 aliphatic carbocycles. The van der Waals surface area contributed by atoms with Gasteiger partial charge in [0.2, 0.25) is 0 Å². The van der Waals surface area contributed by atoms with E-state index in [0.717, 1.165) is 34.1 Å². The first kappa shape index (κ1) is 20.7. The van der Waals surface area contributed by atoms with E-state index in [-0.39, 0.29) is 17.5 Å². The molecule has 0 radical (unpaired) electrons. The summed E-state index contributed by atoms with van der Waals surface area (Å²) in [5.41, 5.74) is 4.02. The van der Waals surface area contributed by atoms with E-state index in [4.69, 9.17) is 11.6 Å². The number of nitrogens with zero attached hydrogens (tertiary/aromatic N) is 2. The zero-order chi connectivity index (χ0) is 21.0. The van der Waals surface area contributed by atoms with Crippen LogP contribution in [0.15, 0.2) is 54.1 Å². The fraction of sp³-hybridized carbons (Fsp3) is 0.250. The second kappa shape index (κ2) is 8.98. The van der Waals surface area contributed by atoms with E-state index in [9.17, 15) is 10.1 Å². The number of benzene rings is 2. The first-order chi connectivity index (χ1) is 14.0. The summed E-state index contributed by atoms with van der Waals surface area (Å²) in [4.78, 5) is 12.5. The topological polar surface area (TPSA) is 57.8 Å². The predicted molar refractivity (Wildman–Crippen MR) is 119 cm³/mol. The number of aromatic nitrogens is 1. The highest BCUT2D eigenvalue weighted by Crippen LogP contribution is 2.30. The van der Waals surface area contributed by atoms with E-state index in [1.165, 1.54) is 0 Å². The molecular weight excluding hydrogens is 382 g/mol. The van der Waals surface area contributed by atoms with Gasteiger partial charge in [0, 0.05) is 39.8 Å². The second-order valence-corrected chi connectivity index (χ2v) is 7.55. The number of nitrogens with one attached hydrogen (secondary N) is 1. The van der Waals surface area contributed by atoms with Gasteiger partial charge in [-0.1, -0.05) is 54.9 Å². The summed E-state index contributed by atoms with van der Waals surface area (Å²) in [7, 11) is 0. The first-order valence-electron chi connectivity index (χ1n) is 9.70. The highest BCUT2D eigenvalue weighted by atomic mass is 35.5. The number of hydrogen-bond donors (Lipinski definition) is 1. The highest BCUT2D eigenvalue weighted by molar-refractivity contribution is 6.31. The van der Waals surface area contributed by atoms with Gasteiger partial charge in [-0.15, -0.1) is 0 Å². The molecule has 1 atom stereocenters. The lowest BCUT2D eigenvalue weighted by atomic mass is 10.1. The molecule has 3 rings (SSSR count). The summed E-state index contributed by atoms with van der Waals surface area (Å²) in [6.07, 6.45) is 2.50. The molecule has 0 saturated heterocycles. The Bertz CT molecular complexity index is 1120. The van der Waals surface area contributed by atoms with Gasteiger partial charge in [-0.3, -0.25) is 4.79 Å². The number of para-hydroxylation sites is 1. The SMILES string of the molecule is CC[C@H](C)NC(=O)/C(C#N)=C/c1c(C)n(Cc2ccccc2Cl)c2ccccc12. The fourth-order valence-corrected chi connectivity index (χ4v) is 3.53. The largest absolute Gasteiger partial charge is 0.349 e. The molecule has 2 aromatic carbocycles. The van der Waals surface area contributed by atoms with Crippen LogP contribution in [0.3, 0.4) is 0 Å². The number of rotatable bonds is 6. The average Bonchev–Trinajstić information content (AvgIpc) is 2.98. The summed E-state index contributed by atoms with van der Waals surface area (Å²) in [5, 5.41) is 14.2. The fourth-order valence-electron chi connectivity index (χ4n) is 3.34. The van der Waals surface area contributed by atoms with E-state index in [2.05, 4.69) is 16.0 Å². The lowest BCUT2D eigenvalue weighted by molar-refractivity contribution is -0.117. The molecular formula is C24H24ClN3O. The normalized spacial score (nSPS) is 12.6. The zero-order valence-electron chi connectivity index (χ0n) is 16.9. The number of halogens is 1. The Balaban J connectivity index is 2.10. The molecule has 1 aromatic heterocycles. The van der Waals surface area contributed by atoms with E-state index >= 15 is 0 Å². The van der Waals surface area contributed by atoms with E-state index in [0.29, 0.717) is 11.6 Å². The van der Waals surface area contributed by atoms with E-state index in [1.54, 1.807) is 6.08 Å². The summed E-state index contributed by atoms with van der Waals surface area (Å²) in [6.45, 7) is 6.53. The number of nitriles is 1. The number of carbonyl (C=O) groups excluding carboxylic acids is 1. The van der Waals surface area contributed by atoms with Crippen LogP contribution in [0, 0.1) is 18.3 Å². The van der Waals surface area contributed by atoms with E-state index in [1.807, 2.05) is 69.3 Å². The Morgan fingerprint density at radius 2 is 1.93 bits per heavy atom. The van der Waals surface area contributed by atoms with Crippen LogP contribution in [-0.2, 0) is 11.3 Å². The Hall–Kier alpha value is -3.03. The quantitative estimate of drug-likeness (QED) is 0.436. The van der Waals surface area contributed by atoms with Crippen molar-refractivity contribution in [1.82, 2.24) is 9.88 Å². The maximum atomic E-state index is 12.5. The van der Waals surface area contributed by atoms with Gasteiger partial charge in [-0.25, -0.2) is 0 Å². The van der Waals surface area contributed by atoms with Crippen molar-refractivity contribution in [2.45, 2.75) is 39.8 Å². The number of hydrogen-bond acceptors (Lipinski definition) is 2. The molecule has 29 heavy (non-hydrogen) atoms. The molecule has 0 fully saturated rings. The molecule has 1 heterocycles. The standard InChI is InChI=1S/C24H24ClN3O/c1-4-16(2)27-24(29)19(14-26)13-21-17(3)28(23-12-8-6-10-20(21)23)15-18-9-5-7-11-22(18)25/h5-13,16H,4,15H2,1-3H3,(H,27,29)/b19-13+/t16-/m0/s1. The zero-order valence-corrected chi connectivity index (χ0v) is 17.6. The van der Waals surface area contributed by atoms with Gasteiger partial charge in [0.1, 0.15) is 11.6 Å². The Labute approximate surface area is 176 Å². The Morgan fingerprint density at radius 3 is 2.62 bits per heavy atom. The van der Waals surface area contributed by atoms with Crippen molar-refractivity contribution in [3.8, 4) is 6.07 Å². The molecule has 4 nitrogen and oxygen atoms in total. The lowest BCUT2D eigenvalue weighted by Gasteiger charge is -2.11. The molecule has 1 N–H and O–H groups in total. The van der Waals surface area contributed by atoms with Crippen LogP contribution < -0.4 is 5.32 Å². The molecule has 0 saturated carbocycles. The Morgan fingerprint density at radius 1 is 1.24 bits per heavy atom. The van der Waals surface area contributed by atoms with Crippen LogP contribution >= 0.6 is 11.6 Å². The van der Waals surface area contributed by atoms with Crippen molar-refractivity contribution < 1.29 is 4.79 Å². The summed E-state index contributed by atoms with van der Waals surface area (Å²) < 4.78 is 2.17. The predicted octanol–water partition coefficient (Wildman–Crippen LogP) is 5.47. The van der Waals surface area contributed by atoms with Gasteiger partial charge in [-0.2, -0.15) is 5.26 Å². The van der Waals surface area contributed by atoms with Crippen LogP contribution in [0.1, 0.15) is 37.1 Å². The van der Waals surface area contributed by atoms with Crippen molar-refractivity contribution in [1.29, 1.82) is 5.26 Å². The summed E-state index contributed by atoms with van der Waals surface area (Å²) in [6, 6.07) is 17.8. The first-order valence-corrected chi connectivity index (χ1v) is 10.1. The van der Waals surface area contributed by atoms with Crippen molar-refractivity contribution >= 4 is 34.5 Å². The van der Waals surface area contributed by atoms with Gasteiger partial charge in [0.15, 0.2) is 0 Å². The van der Waals surface area contributed by atoms with Gasteiger partial charge in [0.25, 0.3) is 5.91 Å². The van der Waals surface area contributed by atoms with Crippen molar-refractivity contribution in [3.63, 3.8) is 0 Å². The molecule has 0 spiro atoms. The number of carbonyl (C=O) groups is 1. The third-order valence-electron chi connectivity index (χ3n) is 5.21. The number of fused-ring (bicyclic) bond motifs is 1. The minimum atomic E-state index is -0.343. The van der Waals surface area contributed by atoms with Gasteiger partial charge in [-0.05, 0) is 44.0 Å². The molecule has 1 amide bonds. The molecule has 5 heteroatoms. The van der Waals surface area contributed by atoms with Crippen LogP contribution in [0.5, 0.6) is 0 Å². The van der Waals surface area contributed by atoms with Gasteiger partial charge in [0.05, 0.1) is 0 Å². The molecule has 0 aliphatic heterocycles. The highest BCUT2D eigenvalue weighted by Gasteiger charge is 2.17. The third kappa shape index (κ3) is 4.36. The smallest absolute Gasteiger partial charge is 0.262 e. The summed E-state index contributed by atoms with van der Waals surface area (Å²) >= 11 is 6.37. The van der Waals surface area contributed by atoms with Crippen LogP contribution in [0.25, 0.3) is 17.0 Å². The van der Waals surface area contributed by atoms with Crippen LogP contribution in [0.2, 0.25) is 5.02 Å². The average molecular weight is 406 g/mol. The van der Waals surface area contributed by atoms with Gasteiger partial charge < -0.3 is 9.88 Å². The van der Waals surface area contributed by atoms with Crippen molar-refractivity contribution in [2.75, 3.05) is 0 Å². The molecule has 3 aromatic rings. The molecule has 148 valence electrons. The molecule has 0 bridgehead atoms. The van der Waals surface area contributed by atoms with Crippen molar-refractivity contribution in [2.24, 2.45) is 0 Å². The minimum absolute atomic E-state index is 0.0157. The number of amides is 1. The second-order valence-electron chi connectivity index (χ2n) is 7.15. The molecule has 0 aliphatic rings. The molecule has 0 unspecified atom stereocenters. The summed E-state index contributed by atoms with van der Waals surface area (Å²) in [5.74, 6) is -0.343. The van der Waals surface area contributed by atoms with Gasteiger partial charge >= 0.3 is 0 Å². The minimum Gasteiger partial charge on any atom is -0.349 e. The third-order valence-corrected chi connectivity index (χ3v) is 5.58. The van der Waals surface area contributed by atoms with Crippen LogP contribution in [0.4, 0.5) is 0 Å².